The van der Waals surface area contributed by atoms with Gasteiger partial charge in [-0.3, -0.25) is 4.90 Å². The SMILES string of the molecule is CCCN(CCCC(N)c1ccccc1)CC(F)(F)F. The monoisotopic (exact) mass is 288 g/mol. The Hall–Kier alpha value is -1.07. The van der Waals surface area contributed by atoms with Gasteiger partial charge in [-0.1, -0.05) is 37.3 Å². The van der Waals surface area contributed by atoms with Crippen molar-refractivity contribution in [1.82, 2.24) is 4.90 Å². The van der Waals surface area contributed by atoms with Crippen molar-refractivity contribution in [3.8, 4) is 0 Å². The Kier molecular flexibility index (Phi) is 7.02. The highest BCUT2D eigenvalue weighted by Gasteiger charge is 2.30. The summed E-state index contributed by atoms with van der Waals surface area (Å²) >= 11 is 0. The molecule has 1 rings (SSSR count). The van der Waals surface area contributed by atoms with Gasteiger partial charge in [0.15, 0.2) is 0 Å². The van der Waals surface area contributed by atoms with Gasteiger partial charge in [0.25, 0.3) is 0 Å². The van der Waals surface area contributed by atoms with Gasteiger partial charge < -0.3 is 5.73 Å². The standard InChI is InChI=1S/C15H23F3N2/c1-2-10-20(12-15(16,17)18)11-6-9-14(19)13-7-4-3-5-8-13/h3-5,7-8,14H,2,6,9-12,19H2,1H3. The van der Waals surface area contributed by atoms with E-state index in [0.717, 1.165) is 12.0 Å². The van der Waals surface area contributed by atoms with Crippen molar-refractivity contribution in [2.24, 2.45) is 5.73 Å². The molecule has 0 aliphatic rings. The van der Waals surface area contributed by atoms with E-state index in [0.29, 0.717) is 25.9 Å². The van der Waals surface area contributed by atoms with Crippen molar-refractivity contribution in [2.75, 3.05) is 19.6 Å². The second-order valence-electron chi connectivity index (χ2n) is 5.05. The highest BCUT2D eigenvalue weighted by molar-refractivity contribution is 5.18. The minimum Gasteiger partial charge on any atom is -0.324 e. The van der Waals surface area contributed by atoms with Crippen LogP contribution in [0.15, 0.2) is 30.3 Å². The van der Waals surface area contributed by atoms with E-state index in [1.165, 1.54) is 4.90 Å². The predicted molar refractivity (Wildman–Crippen MR) is 75.4 cm³/mol. The van der Waals surface area contributed by atoms with E-state index < -0.39 is 12.7 Å². The predicted octanol–water partition coefficient (Wildman–Crippen LogP) is 3.74. The van der Waals surface area contributed by atoms with Crippen LogP contribution in [0.25, 0.3) is 0 Å². The Morgan fingerprint density at radius 3 is 2.35 bits per heavy atom. The van der Waals surface area contributed by atoms with Crippen molar-refractivity contribution >= 4 is 0 Å². The Morgan fingerprint density at radius 1 is 1.15 bits per heavy atom. The van der Waals surface area contributed by atoms with E-state index >= 15 is 0 Å². The lowest BCUT2D eigenvalue weighted by Gasteiger charge is -2.23. The molecule has 0 aromatic heterocycles. The Bertz CT molecular complexity index is 365. The first-order valence-electron chi connectivity index (χ1n) is 7.02. The lowest BCUT2D eigenvalue weighted by Crippen LogP contribution is -2.35. The van der Waals surface area contributed by atoms with Crippen molar-refractivity contribution in [1.29, 1.82) is 0 Å². The van der Waals surface area contributed by atoms with Crippen LogP contribution in [-0.2, 0) is 0 Å². The average molecular weight is 288 g/mol. The van der Waals surface area contributed by atoms with Crippen molar-refractivity contribution in [3.05, 3.63) is 35.9 Å². The second-order valence-corrected chi connectivity index (χ2v) is 5.05. The third kappa shape index (κ3) is 6.91. The zero-order chi connectivity index (χ0) is 15.0. The van der Waals surface area contributed by atoms with Gasteiger partial charge in [0.2, 0.25) is 0 Å². The van der Waals surface area contributed by atoms with Crippen LogP contribution >= 0.6 is 0 Å². The van der Waals surface area contributed by atoms with E-state index in [1.54, 1.807) is 0 Å². The maximum Gasteiger partial charge on any atom is 0.401 e. The molecule has 0 heterocycles. The van der Waals surface area contributed by atoms with Gasteiger partial charge in [0, 0.05) is 6.04 Å². The average Bonchev–Trinajstić information content (AvgIpc) is 2.38. The molecule has 0 saturated carbocycles. The van der Waals surface area contributed by atoms with Gasteiger partial charge in [0.05, 0.1) is 6.54 Å². The van der Waals surface area contributed by atoms with Crippen molar-refractivity contribution < 1.29 is 13.2 Å². The second kappa shape index (κ2) is 8.27. The third-order valence-electron chi connectivity index (χ3n) is 3.16. The molecule has 0 saturated heterocycles. The number of halogens is 3. The van der Waals surface area contributed by atoms with Gasteiger partial charge >= 0.3 is 6.18 Å². The molecule has 20 heavy (non-hydrogen) atoms. The minimum absolute atomic E-state index is 0.106. The molecule has 0 aliphatic heterocycles. The number of hydrogen-bond donors (Lipinski definition) is 1. The van der Waals surface area contributed by atoms with Gasteiger partial charge in [-0.25, -0.2) is 0 Å². The molecular formula is C15H23F3N2. The molecule has 0 spiro atoms. The minimum atomic E-state index is -4.13. The van der Waals surface area contributed by atoms with Crippen LogP contribution in [0.1, 0.15) is 37.8 Å². The fourth-order valence-electron chi connectivity index (χ4n) is 2.24. The molecule has 114 valence electrons. The fraction of sp³-hybridized carbons (Fsp3) is 0.600. The number of benzene rings is 1. The summed E-state index contributed by atoms with van der Waals surface area (Å²) in [6, 6.07) is 9.55. The Labute approximate surface area is 118 Å². The van der Waals surface area contributed by atoms with Crippen molar-refractivity contribution in [2.45, 2.75) is 38.4 Å². The fourth-order valence-corrected chi connectivity index (χ4v) is 2.24. The summed E-state index contributed by atoms with van der Waals surface area (Å²) in [6.07, 6.45) is -2.04. The molecule has 0 radical (unpaired) electrons. The number of alkyl halides is 3. The lowest BCUT2D eigenvalue weighted by atomic mass is 10.0. The molecule has 1 unspecified atom stereocenters. The van der Waals surface area contributed by atoms with E-state index in [1.807, 2.05) is 37.3 Å². The van der Waals surface area contributed by atoms with E-state index in [2.05, 4.69) is 0 Å². The van der Waals surface area contributed by atoms with E-state index in [9.17, 15) is 13.2 Å². The van der Waals surface area contributed by atoms with Gasteiger partial charge in [-0.15, -0.1) is 0 Å². The quantitative estimate of drug-likeness (QED) is 0.789. The van der Waals surface area contributed by atoms with Crippen LogP contribution in [0.5, 0.6) is 0 Å². The molecular weight excluding hydrogens is 265 g/mol. The number of hydrogen-bond acceptors (Lipinski definition) is 2. The normalized spacial score (nSPS) is 13.7. The number of nitrogens with zero attached hydrogens (tertiary/aromatic N) is 1. The highest BCUT2D eigenvalue weighted by Crippen LogP contribution is 2.19. The molecule has 5 heteroatoms. The zero-order valence-corrected chi connectivity index (χ0v) is 11.9. The summed E-state index contributed by atoms with van der Waals surface area (Å²) in [6.45, 7) is 1.97. The van der Waals surface area contributed by atoms with Crippen LogP contribution in [0, 0.1) is 0 Å². The van der Waals surface area contributed by atoms with E-state index in [-0.39, 0.29) is 6.04 Å². The summed E-state index contributed by atoms with van der Waals surface area (Å²) in [4.78, 5) is 1.46. The van der Waals surface area contributed by atoms with Crippen LogP contribution in [0.4, 0.5) is 13.2 Å². The van der Waals surface area contributed by atoms with Crippen molar-refractivity contribution in [3.63, 3.8) is 0 Å². The maximum atomic E-state index is 12.4. The molecule has 2 N–H and O–H groups in total. The Balaban J connectivity index is 2.36. The summed E-state index contributed by atoms with van der Waals surface area (Å²) < 4.78 is 37.2. The van der Waals surface area contributed by atoms with Gasteiger partial charge in [-0.2, -0.15) is 13.2 Å². The molecule has 2 nitrogen and oxygen atoms in total. The molecule has 1 atom stereocenters. The molecule has 0 amide bonds. The maximum absolute atomic E-state index is 12.4. The summed E-state index contributed by atoms with van der Waals surface area (Å²) in [7, 11) is 0. The first kappa shape index (κ1) is 17.0. The summed E-state index contributed by atoms with van der Waals surface area (Å²) in [5.74, 6) is 0. The smallest absolute Gasteiger partial charge is 0.324 e. The largest absolute Gasteiger partial charge is 0.401 e. The van der Waals surface area contributed by atoms with Crippen LogP contribution < -0.4 is 5.73 Å². The zero-order valence-electron chi connectivity index (χ0n) is 11.9. The topological polar surface area (TPSA) is 29.3 Å². The first-order valence-corrected chi connectivity index (χ1v) is 7.02. The number of nitrogens with two attached hydrogens (primary N) is 1. The van der Waals surface area contributed by atoms with Crippen LogP contribution in [0.2, 0.25) is 0 Å². The molecule has 0 bridgehead atoms. The molecule has 0 aliphatic carbocycles. The van der Waals surface area contributed by atoms with E-state index in [4.69, 9.17) is 5.73 Å². The molecule has 1 aromatic carbocycles. The van der Waals surface area contributed by atoms with Crippen LogP contribution in [0.3, 0.4) is 0 Å². The van der Waals surface area contributed by atoms with Crippen LogP contribution in [-0.4, -0.2) is 30.7 Å². The summed E-state index contributed by atoms with van der Waals surface area (Å²) in [5.41, 5.74) is 7.07. The molecule has 1 aromatic rings. The first-order chi connectivity index (χ1) is 9.42. The molecule has 0 fully saturated rings. The Morgan fingerprint density at radius 2 is 1.80 bits per heavy atom. The van der Waals surface area contributed by atoms with Gasteiger partial charge in [0.1, 0.15) is 0 Å². The lowest BCUT2D eigenvalue weighted by molar-refractivity contribution is -0.146. The number of rotatable bonds is 8. The summed E-state index contributed by atoms with van der Waals surface area (Å²) in [5, 5.41) is 0. The van der Waals surface area contributed by atoms with Gasteiger partial charge in [-0.05, 0) is 37.9 Å². The third-order valence-corrected chi connectivity index (χ3v) is 3.16. The highest BCUT2D eigenvalue weighted by atomic mass is 19.4.